The van der Waals surface area contributed by atoms with Crippen molar-refractivity contribution in [2.24, 2.45) is 7.05 Å². The molecule has 4 aromatic rings. The molecule has 0 saturated heterocycles. The summed E-state index contributed by atoms with van der Waals surface area (Å²) in [4.78, 5) is 29.2. The van der Waals surface area contributed by atoms with Gasteiger partial charge in [0.1, 0.15) is 5.01 Å². The van der Waals surface area contributed by atoms with Gasteiger partial charge in [-0.3, -0.25) is 24.7 Å². The number of fused-ring (bicyclic) bond motifs is 1. The van der Waals surface area contributed by atoms with Crippen LogP contribution in [-0.4, -0.2) is 30.9 Å². The molecule has 0 fully saturated rings. The van der Waals surface area contributed by atoms with E-state index in [-0.39, 0.29) is 16.5 Å². The predicted molar refractivity (Wildman–Crippen MR) is 103 cm³/mol. The fourth-order valence-corrected chi connectivity index (χ4v) is 3.64. The second-order valence-electron chi connectivity index (χ2n) is 6.13. The standard InChI is InChI=1S/C18H16N6O2S/c1-10-8-12(14-15(19-10)24(2)23-17(14)26)16(25)20-18-22-21-13(27-18)9-11-6-4-3-5-7-11/h3-8H,9H2,1-2H3,(H,23,26)(H,20,22,25). The summed E-state index contributed by atoms with van der Waals surface area (Å²) in [6.07, 6.45) is 0.644. The third-order valence-corrected chi connectivity index (χ3v) is 4.91. The fourth-order valence-electron chi connectivity index (χ4n) is 2.87. The molecule has 0 radical (unpaired) electrons. The van der Waals surface area contributed by atoms with E-state index >= 15 is 0 Å². The van der Waals surface area contributed by atoms with Gasteiger partial charge in [0.15, 0.2) is 5.65 Å². The van der Waals surface area contributed by atoms with Gasteiger partial charge in [-0.15, -0.1) is 10.2 Å². The number of pyridine rings is 1. The van der Waals surface area contributed by atoms with Crippen LogP contribution in [0.2, 0.25) is 0 Å². The molecule has 0 aliphatic rings. The lowest BCUT2D eigenvalue weighted by Gasteiger charge is -2.04. The molecule has 8 nitrogen and oxygen atoms in total. The van der Waals surface area contributed by atoms with E-state index in [4.69, 9.17) is 0 Å². The molecule has 3 heterocycles. The highest BCUT2D eigenvalue weighted by Crippen LogP contribution is 2.21. The molecule has 1 amide bonds. The highest BCUT2D eigenvalue weighted by atomic mass is 32.1. The Morgan fingerprint density at radius 2 is 2.04 bits per heavy atom. The summed E-state index contributed by atoms with van der Waals surface area (Å²) >= 11 is 1.31. The monoisotopic (exact) mass is 380 g/mol. The number of H-pyrrole nitrogens is 1. The molecule has 0 atom stereocenters. The molecule has 4 rings (SSSR count). The third kappa shape index (κ3) is 3.36. The summed E-state index contributed by atoms with van der Waals surface area (Å²) < 4.78 is 1.50. The summed E-state index contributed by atoms with van der Waals surface area (Å²) in [7, 11) is 1.68. The zero-order valence-corrected chi connectivity index (χ0v) is 15.5. The number of rotatable bonds is 4. The van der Waals surface area contributed by atoms with Gasteiger partial charge in [-0.25, -0.2) is 4.98 Å². The molecular formula is C18H16N6O2S. The Labute approximate surface area is 157 Å². The van der Waals surface area contributed by atoms with Crippen LogP contribution < -0.4 is 10.9 Å². The number of benzene rings is 1. The number of carbonyl (C=O) groups is 1. The summed E-state index contributed by atoms with van der Waals surface area (Å²) in [5.74, 6) is -0.412. The van der Waals surface area contributed by atoms with Crippen LogP contribution in [0.1, 0.15) is 26.6 Å². The minimum atomic E-state index is -0.412. The first-order valence-corrected chi connectivity index (χ1v) is 9.07. The first-order valence-electron chi connectivity index (χ1n) is 8.25. The molecule has 0 spiro atoms. The van der Waals surface area contributed by atoms with Gasteiger partial charge in [0.05, 0.1) is 10.9 Å². The minimum Gasteiger partial charge on any atom is -0.296 e. The number of aryl methyl sites for hydroxylation is 2. The van der Waals surface area contributed by atoms with Crippen LogP contribution in [-0.2, 0) is 13.5 Å². The second-order valence-corrected chi connectivity index (χ2v) is 7.19. The van der Waals surface area contributed by atoms with Gasteiger partial charge in [0, 0.05) is 19.2 Å². The number of nitrogens with zero attached hydrogens (tertiary/aromatic N) is 4. The van der Waals surface area contributed by atoms with Crippen molar-refractivity contribution >= 4 is 33.4 Å². The van der Waals surface area contributed by atoms with E-state index in [2.05, 4.69) is 25.6 Å². The van der Waals surface area contributed by atoms with Crippen LogP contribution in [0, 0.1) is 6.92 Å². The number of amides is 1. The van der Waals surface area contributed by atoms with Gasteiger partial charge in [-0.05, 0) is 18.6 Å². The van der Waals surface area contributed by atoms with Gasteiger partial charge >= 0.3 is 0 Å². The van der Waals surface area contributed by atoms with Crippen LogP contribution >= 0.6 is 11.3 Å². The van der Waals surface area contributed by atoms with Crippen molar-refractivity contribution in [2.75, 3.05) is 5.32 Å². The zero-order chi connectivity index (χ0) is 19.0. The first kappa shape index (κ1) is 17.1. The molecule has 2 N–H and O–H groups in total. The Kier molecular flexibility index (Phi) is 4.28. The summed E-state index contributed by atoms with van der Waals surface area (Å²) in [6, 6.07) is 11.5. The lowest BCUT2D eigenvalue weighted by molar-refractivity contribution is 0.102. The Morgan fingerprint density at radius 1 is 1.26 bits per heavy atom. The largest absolute Gasteiger partial charge is 0.296 e. The molecular weight excluding hydrogens is 364 g/mol. The fraction of sp³-hybridized carbons (Fsp3) is 0.167. The van der Waals surface area contributed by atoms with Crippen molar-refractivity contribution in [1.82, 2.24) is 25.0 Å². The zero-order valence-electron chi connectivity index (χ0n) is 14.7. The van der Waals surface area contributed by atoms with Crippen molar-refractivity contribution in [3.63, 3.8) is 0 Å². The number of carbonyl (C=O) groups excluding carboxylic acids is 1. The Morgan fingerprint density at radius 3 is 2.81 bits per heavy atom. The highest BCUT2D eigenvalue weighted by Gasteiger charge is 2.19. The second kappa shape index (κ2) is 6.76. The minimum absolute atomic E-state index is 0.259. The quantitative estimate of drug-likeness (QED) is 0.565. The van der Waals surface area contributed by atoms with E-state index in [1.807, 2.05) is 30.3 Å². The number of hydrogen-bond acceptors (Lipinski definition) is 6. The van der Waals surface area contributed by atoms with Crippen molar-refractivity contribution in [1.29, 1.82) is 0 Å². The molecule has 9 heteroatoms. The number of anilines is 1. The van der Waals surface area contributed by atoms with E-state index in [1.165, 1.54) is 16.0 Å². The maximum Gasteiger partial charge on any atom is 0.274 e. The smallest absolute Gasteiger partial charge is 0.274 e. The molecule has 0 aliphatic heterocycles. The number of nitrogens with one attached hydrogen (secondary N) is 2. The maximum absolute atomic E-state index is 12.7. The van der Waals surface area contributed by atoms with Gasteiger partial charge < -0.3 is 0 Å². The molecule has 0 bridgehead atoms. The van der Waals surface area contributed by atoms with E-state index in [9.17, 15) is 9.59 Å². The third-order valence-electron chi connectivity index (χ3n) is 4.07. The van der Waals surface area contributed by atoms with Gasteiger partial charge in [0.2, 0.25) is 5.13 Å². The average molecular weight is 380 g/mol. The number of aromatic amines is 1. The Hall–Kier alpha value is -3.33. The summed E-state index contributed by atoms with van der Waals surface area (Å²) in [5.41, 5.74) is 2.11. The predicted octanol–water partition coefficient (Wildman–Crippen LogP) is 2.26. The molecule has 0 unspecified atom stereocenters. The van der Waals surface area contributed by atoms with Crippen LogP contribution in [0.25, 0.3) is 11.0 Å². The first-order chi connectivity index (χ1) is 13.0. The van der Waals surface area contributed by atoms with Crippen LogP contribution in [0.15, 0.2) is 41.2 Å². The molecule has 136 valence electrons. The topological polar surface area (TPSA) is 106 Å². The highest BCUT2D eigenvalue weighted by molar-refractivity contribution is 7.15. The SMILES string of the molecule is Cc1cc(C(=O)Nc2nnc(Cc3ccccc3)s2)c2c(=O)[nH]n(C)c2n1. The average Bonchev–Trinajstić information content (AvgIpc) is 3.19. The van der Waals surface area contributed by atoms with Gasteiger partial charge in [-0.2, -0.15) is 0 Å². The number of hydrogen-bond donors (Lipinski definition) is 2. The summed E-state index contributed by atoms with van der Waals surface area (Å²) in [5, 5.41) is 15.0. The van der Waals surface area contributed by atoms with E-state index < -0.39 is 5.91 Å². The van der Waals surface area contributed by atoms with Crippen molar-refractivity contribution < 1.29 is 4.79 Å². The lowest BCUT2D eigenvalue weighted by Crippen LogP contribution is -2.15. The lowest BCUT2D eigenvalue weighted by atomic mass is 10.1. The Bertz CT molecular complexity index is 1190. The number of aromatic nitrogens is 5. The van der Waals surface area contributed by atoms with Crippen LogP contribution in [0.3, 0.4) is 0 Å². The van der Waals surface area contributed by atoms with E-state index in [1.54, 1.807) is 20.0 Å². The van der Waals surface area contributed by atoms with E-state index in [0.717, 1.165) is 10.6 Å². The van der Waals surface area contributed by atoms with Gasteiger partial charge in [-0.1, -0.05) is 41.7 Å². The normalized spacial score (nSPS) is 11.0. The molecule has 27 heavy (non-hydrogen) atoms. The van der Waals surface area contributed by atoms with E-state index in [0.29, 0.717) is 22.9 Å². The van der Waals surface area contributed by atoms with Crippen LogP contribution in [0.4, 0.5) is 5.13 Å². The van der Waals surface area contributed by atoms with Crippen LogP contribution in [0.5, 0.6) is 0 Å². The molecule has 1 aromatic carbocycles. The van der Waals surface area contributed by atoms with Crippen molar-refractivity contribution in [3.05, 3.63) is 68.6 Å². The van der Waals surface area contributed by atoms with Crippen molar-refractivity contribution in [3.8, 4) is 0 Å². The Balaban J connectivity index is 1.60. The molecule has 3 aromatic heterocycles. The molecule has 0 saturated carbocycles. The molecule has 0 aliphatic carbocycles. The van der Waals surface area contributed by atoms with Crippen molar-refractivity contribution in [2.45, 2.75) is 13.3 Å². The summed E-state index contributed by atoms with van der Waals surface area (Å²) in [6.45, 7) is 1.77. The maximum atomic E-state index is 12.7. The van der Waals surface area contributed by atoms with Gasteiger partial charge in [0.25, 0.3) is 11.5 Å².